The van der Waals surface area contributed by atoms with E-state index in [1.54, 1.807) is 30.3 Å². The first-order valence-corrected chi connectivity index (χ1v) is 13.1. The standard InChI is InChI=1S/C26H28N2O12S/c1-13(29)38-11-17-18(10-16(24(33)36-3)25(34)37-4)41-23-20(22(32)28(23)21(17)26(35)40-14(2)30)27-19(31)12-39-15-8-6-5-7-9-15/h5-9,16,18,20,23H,10-12H2,1-4H3,(H,27,31)/t18?,20?,23-/m0/s1. The van der Waals surface area contributed by atoms with Gasteiger partial charge in [-0.05, 0) is 18.6 Å². The van der Waals surface area contributed by atoms with Gasteiger partial charge in [-0.15, -0.1) is 11.8 Å². The van der Waals surface area contributed by atoms with E-state index in [1.807, 2.05) is 0 Å². The van der Waals surface area contributed by atoms with E-state index in [0.717, 1.165) is 44.7 Å². The fraction of sp³-hybridized carbons (Fsp3) is 0.423. The number of β-lactam (4-membered cyclic amide) rings is 1. The van der Waals surface area contributed by atoms with Crippen molar-refractivity contribution in [3.63, 3.8) is 0 Å². The lowest BCUT2D eigenvalue weighted by Crippen LogP contribution is -2.71. The third-order valence-corrected chi connectivity index (χ3v) is 7.56. The number of para-hydroxylation sites is 1. The molecule has 3 rings (SSSR count). The molecule has 41 heavy (non-hydrogen) atoms. The van der Waals surface area contributed by atoms with Crippen molar-refractivity contribution >= 4 is 53.4 Å². The van der Waals surface area contributed by atoms with Crippen LogP contribution in [-0.2, 0) is 52.5 Å². The Labute approximate surface area is 238 Å². The molecule has 0 aromatic heterocycles. The predicted molar refractivity (Wildman–Crippen MR) is 138 cm³/mol. The maximum Gasteiger partial charge on any atom is 0.362 e. The minimum Gasteiger partial charge on any atom is -0.484 e. The monoisotopic (exact) mass is 592 g/mol. The van der Waals surface area contributed by atoms with Gasteiger partial charge in [-0.1, -0.05) is 18.2 Å². The van der Waals surface area contributed by atoms with Gasteiger partial charge in [-0.3, -0.25) is 33.7 Å². The molecular weight excluding hydrogens is 564 g/mol. The van der Waals surface area contributed by atoms with E-state index in [4.69, 9.17) is 23.7 Å². The maximum atomic E-state index is 13.2. The third kappa shape index (κ3) is 7.42. The van der Waals surface area contributed by atoms with Crippen molar-refractivity contribution in [2.24, 2.45) is 5.92 Å². The molecule has 1 fully saturated rings. The summed E-state index contributed by atoms with van der Waals surface area (Å²) in [6, 6.07) is 7.36. The molecule has 0 aliphatic carbocycles. The van der Waals surface area contributed by atoms with E-state index < -0.39 is 83.2 Å². The second-order valence-electron chi connectivity index (χ2n) is 8.74. The van der Waals surface area contributed by atoms with Crippen molar-refractivity contribution < 1.29 is 57.2 Å². The van der Waals surface area contributed by atoms with Crippen molar-refractivity contribution in [1.82, 2.24) is 10.2 Å². The van der Waals surface area contributed by atoms with Gasteiger partial charge in [0.05, 0.1) is 14.2 Å². The van der Waals surface area contributed by atoms with Crippen LogP contribution in [0.2, 0.25) is 0 Å². The summed E-state index contributed by atoms with van der Waals surface area (Å²) in [6.45, 7) is 1.16. The minimum absolute atomic E-state index is 0.0102. The Balaban J connectivity index is 1.95. The molecule has 2 amide bonds. The van der Waals surface area contributed by atoms with Gasteiger partial charge in [-0.2, -0.15) is 0 Å². The van der Waals surface area contributed by atoms with E-state index in [0.29, 0.717) is 5.75 Å². The molecule has 0 bridgehead atoms. The van der Waals surface area contributed by atoms with Crippen molar-refractivity contribution in [3.05, 3.63) is 41.6 Å². The number of carbonyl (C=O) groups is 7. The zero-order valence-electron chi connectivity index (χ0n) is 22.6. The van der Waals surface area contributed by atoms with E-state index in [-0.39, 0.29) is 12.0 Å². The molecule has 0 saturated carbocycles. The Hall–Kier alpha value is -4.40. The van der Waals surface area contributed by atoms with Gasteiger partial charge in [0.1, 0.15) is 29.5 Å². The number of nitrogens with zero attached hydrogens (tertiary/aromatic N) is 1. The van der Waals surface area contributed by atoms with E-state index in [9.17, 15) is 33.6 Å². The Morgan fingerprint density at radius 1 is 0.976 bits per heavy atom. The lowest BCUT2D eigenvalue weighted by atomic mass is 9.95. The molecular formula is C26H28N2O12S. The topological polar surface area (TPSA) is 181 Å². The zero-order chi connectivity index (χ0) is 30.3. The SMILES string of the molecule is COC(=O)C(CC1S[C@H]2C(NC(=O)COc3ccccc3)C(=O)N2C(C(=O)OC(C)=O)=C1COC(C)=O)C(=O)OC. The molecule has 3 atom stereocenters. The van der Waals surface area contributed by atoms with Gasteiger partial charge in [0.25, 0.3) is 11.8 Å². The van der Waals surface area contributed by atoms with Crippen LogP contribution in [0.3, 0.4) is 0 Å². The van der Waals surface area contributed by atoms with E-state index in [2.05, 4.69) is 5.32 Å². The molecule has 1 aromatic rings. The molecule has 1 saturated heterocycles. The lowest BCUT2D eigenvalue weighted by Gasteiger charge is -2.51. The number of hydrogen-bond acceptors (Lipinski definition) is 13. The quantitative estimate of drug-likeness (QED) is 0.158. The summed E-state index contributed by atoms with van der Waals surface area (Å²) in [6.07, 6.45) is -0.298. The number of methoxy groups -OCH3 is 2. The Kier molecular flexibility index (Phi) is 10.5. The molecule has 1 N–H and O–H groups in total. The Morgan fingerprint density at radius 2 is 1.61 bits per heavy atom. The summed E-state index contributed by atoms with van der Waals surface area (Å²) < 4.78 is 24.7. The predicted octanol–water partition coefficient (Wildman–Crippen LogP) is 0.0931. The van der Waals surface area contributed by atoms with Crippen molar-refractivity contribution in [1.29, 1.82) is 0 Å². The Bertz CT molecular complexity index is 1250. The molecule has 2 unspecified atom stereocenters. The highest BCUT2D eigenvalue weighted by Crippen LogP contribution is 2.46. The van der Waals surface area contributed by atoms with Crippen molar-refractivity contribution in [2.45, 2.75) is 36.9 Å². The molecule has 15 heteroatoms. The normalized spacial score (nSPS) is 19.4. The van der Waals surface area contributed by atoms with Crippen LogP contribution in [0, 0.1) is 5.92 Å². The largest absolute Gasteiger partial charge is 0.484 e. The lowest BCUT2D eigenvalue weighted by molar-refractivity contribution is -0.160. The highest BCUT2D eigenvalue weighted by atomic mass is 32.2. The number of thioether (sulfide) groups is 1. The number of amides is 2. The first kappa shape index (κ1) is 31.1. The summed E-state index contributed by atoms with van der Waals surface area (Å²) in [5, 5.41) is 0.710. The number of esters is 5. The molecule has 2 aliphatic heterocycles. The highest BCUT2D eigenvalue weighted by molar-refractivity contribution is 8.00. The van der Waals surface area contributed by atoms with Crippen LogP contribution in [0.5, 0.6) is 5.75 Å². The smallest absolute Gasteiger partial charge is 0.362 e. The second-order valence-corrected chi connectivity index (χ2v) is 10.1. The van der Waals surface area contributed by atoms with Crippen molar-refractivity contribution in [2.75, 3.05) is 27.4 Å². The first-order valence-electron chi connectivity index (χ1n) is 12.2. The van der Waals surface area contributed by atoms with Gasteiger partial charge in [0, 0.05) is 24.7 Å². The van der Waals surface area contributed by atoms with Crippen LogP contribution in [0.4, 0.5) is 0 Å². The second kappa shape index (κ2) is 13.8. The molecule has 2 heterocycles. The fourth-order valence-electron chi connectivity index (χ4n) is 4.15. The summed E-state index contributed by atoms with van der Waals surface area (Å²) in [5.41, 5.74) is -0.393. The highest BCUT2D eigenvalue weighted by Gasteiger charge is 2.57. The first-order chi connectivity index (χ1) is 19.5. The molecule has 14 nitrogen and oxygen atoms in total. The van der Waals surface area contributed by atoms with Crippen LogP contribution in [0.15, 0.2) is 41.6 Å². The minimum atomic E-state index is -1.45. The summed E-state index contributed by atoms with van der Waals surface area (Å²) in [4.78, 5) is 88.0. The van der Waals surface area contributed by atoms with E-state index in [1.165, 1.54) is 0 Å². The number of carbonyl (C=O) groups excluding carboxylic acids is 7. The van der Waals surface area contributed by atoms with Crippen LogP contribution in [0.1, 0.15) is 20.3 Å². The fourth-order valence-corrected chi connectivity index (χ4v) is 5.80. The Morgan fingerprint density at radius 3 is 2.17 bits per heavy atom. The van der Waals surface area contributed by atoms with Crippen LogP contribution in [-0.4, -0.2) is 90.7 Å². The van der Waals surface area contributed by atoms with E-state index >= 15 is 0 Å². The zero-order valence-corrected chi connectivity index (χ0v) is 23.4. The average Bonchev–Trinajstić information content (AvgIpc) is 2.95. The number of nitrogens with one attached hydrogen (secondary N) is 1. The summed E-state index contributed by atoms with van der Waals surface area (Å²) in [7, 11) is 2.15. The molecule has 220 valence electrons. The number of hydrogen-bond donors (Lipinski definition) is 1. The van der Waals surface area contributed by atoms with Crippen LogP contribution >= 0.6 is 11.8 Å². The van der Waals surface area contributed by atoms with Crippen molar-refractivity contribution in [3.8, 4) is 5.75 Å². The number of ether oxygens (including phenoxy) is 5. The van der Waals surface area contributed by atoms with Gasteiger partial charge in [0.2, 0.25) is 0 Å². The maximum absolute atomic E-state index is 13.2. The average molecular weight is 593 g/mol. The number of fused-ring (bicyclic) bond motifs is 1. The van der Waals surface area contributed by atoms with Gasteiger partial charge < -0.3 is 29.0 Å². The van der Waals surface area contributed by atoms with Gasteiger partial charge in [-0.25, -0.2) is 4.79 Å². The van der Waals surface area contributed by atoms with Gasteiger partial charge in [0.15, 0.2) is 12.5 Å². The van der Waals surface area contributed by atoms with Crippen LogP contribution < -0.4 is 10.1 Å². The number of rotatable bonds is 11. The number of benzene rings is 1. The summed E-state index contributed by atoms with van der Waals surface area (Å²) in [5.74, 6) is -7.12. The van der Waals surface area contributed by atoms with Crippen LogP contribution in [0.25, 0.3) is 0 Å². The summed E-state index contributed by atoms with van der Waals surface area (Å²) >= 11 is 1.03. The molecule has 1 aromatic carbocycles. The molecule has 2 aliphatic rings. The molecule has 0 spiro atoms. The third-order valence-electron chi connectivity index (χ3n) is 5.99. The van der Waals surface area contributed by atoms with Gasteiger partial charge >= 0.3 is 29.8 Å². The molecule has 0 radical (unpaired) electrons.